The Labute approximate surface area is 118 Å². The van der Waals surface area contributed by atoms with Gasteiger partial charge in [-0.25, -0.2) is 4.79 Å². The Balaban J connectivity index is 2.35. The van der Waals surface area contributed by atoms with Crippen molar-refractivity contribution in [3.63, 3.8) is 0 Å². The average molecular weight is 284 g/mol. The molecule has 0 saturated carbocycles. The maximum Gasteiger partial charge on any atom is 0.511 e. The van der Waals surface area contributed by atoms with E-state index >= 15 is 0 Å². The first-order valence-electron chi connectivity index (χ1n) is 6.92. The molecule has 0 aliphatic carbocycles. The number of halogens is 1. The quantitative estimate of drug-likeness (QED) is 0.403. The molecule has 0 atom stereocenters. The van der Waals surface area contributed by atoms with Gasteiger partial charge in [0.1, 0.15) is 0 Å². The van der Waals surface area contributed by atoms with Crippen molar-refractivity contribution in [3.05, 3.63) is 23.8 Å². The predicted octanol–water partition coefficient (Wildman–Crippen LogP) is 4.30. The lowest BCUT2D eigenvalue weighted by Gasteiger charge is -2.08. The van der Waals surface area contributed by atoms with Gasteiger partial charge in [0.05, 0.1) is 6.67 Å². The molecule has 20 heavy (non-hydrogen) atoms. The van der Waals surface area contributed by atoms with Crippen molar-refractivity contribution < 1.29 is 24.1 Å². The Hall–Kier alpha value is -1.78. The standard InChI is InChI=1S/C15H21FO4/c16-11-6-4-2-1-3-5-8-12-9-7-10-13(14(12)17)20-15(18)19/h7,9-10,17H,1-6,8,11H2,(H,18,19). The molecule has 0 unspecified atom stereocenters. The lowest BCUT2D eigenvalue weighted by Crippen LogP contribution is -2.03. The van der Waals surface area contributed by atoms with Crippen molar-refractivity contribution in [1.82, 2.24) is 0 Å². The third-order valence-corrected chi connectivity index (χ3v) is 3.11. The summed E-state index contributed by atoms with van der Waals surface area (Å²) in [4.78, 5) is 10.5. The van der Waals surface area contributed by atoms with E-state index in [0.717, 1.165) is 32.1 Å². The van der Waals surface area contributed by atoms with Gasteiger partial charge in [-0.2, -0.15) is 0 Å². The fourth-order valence-electron chi connectivity index (χ4n) is 2.06. The third kappa shape index (κ3) is 5.91. The number of benzene rings is 1. The molecule has 0 aliphatic rings. The lowest BCUT2D eigenvalue weighted by atomic mass is 10.0. The molecule has 0 spiro atoms. The molecule has 1 rings (SSSR count). The van der Waals surface area contributed by atoms with E-state index in [9.17, 15) is 14.3 Å². The highest BCUT2D eigenvalue weighted by Crippen LogP contribution is 2.31. The number of phenols is 1. The molecule has 0 fully saturated rings. The number of aromatic hydroxyl groups is 1. The van der Waals surface area contributed by atoms with Crippen LogP contribution < -0.4 is 4.74 Å². The summed E-state index contributed by atoms with van der Waals surface area (Å²) in [6.07, 6.45) is 4.77. The number of ether oxygens (including phenoxy) is 1. The average Bonchev–Trinajstić information content (AvgIpc) is 2.41. The number of alkyl halides is 1. The Morgan fingerprint density at radius 1 is 1.10 bits per heavy atom. The SMILES string of the molecule is O=C(O)Oc1cccc(CCCCCCCCF)c1O. The maximum atomic E-state index is 11.9. The molecule has 112 valence electrons. The van der Waals surface area contributed by atoms with Crippen molar-refractivity contribution in [2.45, 2.75) is 44.9 Å². The van der Waals surface area contributed by atoms with Gasteiger partial charge in [-0.05, 0) is 30.9 Å². The fraction of sp³-hybridized carbons (Fsp3) is 0.533. The monoisotopic (exact) mass is 284 g/mol. The number of aryl methyl sites for hydroxylation is 1. The Morgan fingerprint density at radius 2 is 1.75 bits per heavy atom. The molecule has 0 amide bonds. The van der Waals surface area contributed by atoms with Gasteiger partial charge in [0, 0.05) is 0 Å². The molecule has 1 aromatic carbocycles. The van der Waals surface area contributed by atoms with Crippen LogP contribution in [-0.2, 0) is 6.42 Å². The van der Waals surface area contributed by atoms with Crippen molar-refractivity contribution >= 4 is 6.16 Å². The van der Waals surface area contributed by atoms with E-state index in [0.29, 0.717) is 18.4 Å². The van der Waals surface area contributed by atoms with Crippen LogP contribution in [0.2, 0.25) is 0 Å². The number of para-hydroxylation sites is 1. The van der Waals surface area contributed by atoms with E-state index in [1.165, 1.54) is 6.07 Å². The van der Waals surface area contributed by atoms with Crippen LogP contribution in [0, 0.1) is 0 Å². The van der Waals surface area contributed by atoms with Gasteiger partial charge in [0.25, 0.3) is 0 Å². The minimum absolute atomic E-state index is 0.0297. The Kier molecular flexibility index (Phi) is 7.47. The second-order valence-corrected chi connectivity index (χ2v) is 4.69. The van der Waals surface area contributed by atoms with E-state index in [-0.39, 0.29) is 18.2 Å². The number of rotatable bonds is 9. The number of carboxylic acid groups (broad SMARTS) is 1. The molecule has 0 saturated heterocycles. The number of unbranched alkanes of at least 4 members (excludes halogenated alkanes) is 5. The summed E-state index contributed by atoms with van der Waals surface area (Å²) >= 11 is 0. The second kappa shape index (κ2) is 9.18. The topological polar surface area (TPSA) is 66.8 Å². The highest BCUT2D eigenvalue weighted by molar-refractivity contribution is 5.63. The van der Waals surface area contributed by atoms with Gasteiger partial charge in [0.2, 0.25) is 0 Å². The molecular formula is C15H21FO4. The van der Waals surface area contributed by atoms with Crippen LogP contribution in [0.3, 0.4) is 0 Å². The first-order valence-corrected chi connectivity index (χ1v) is 6.92. The van der Waals surface area contributed by atoms with Crippen molar-refractivity contribution in [2.24, 2.45) is 0 Å². The summed E-state index contributed by atoms with van der Waals surface area (Å²) in [7, 11) is 0. The van der Waals surface area contributed by atoms with Gasteiger partial charge in [-0.1, -0.05) is 37.8 Å². The van der Waals surface area contributed by atoms with Crippen LogP contribution in [0.5, 0.6) is 11.5 Å². The molecule has 1 aromatic rings. The lowest BCUT2D eigenvalue weighted by molar-refractivity contribution is 0.143. The summed E-state index contributed by atoms with van der Waals surface area (Å²) in [6.45, 7) is -0.246. The number of hydrogen-bond acceptors (Lipinski definition) is 3. The Morgan fingerprint density at radius 3 is 2.40 bits per heavy atom. The van der Waals surface area contributed by atoms with Crippen LogP contribution in [0.25, 0.3) is 0 Å². The molecule has 0 bridgehead atoms. The largest absolute Gasteiger partial charge is 0.511 e. The zero-order chi connectivity index (χ0) is 14.8. The molecular weight excluding hydrogens is 263 g/mol. The van der Waals surface area contributed by atoms with Gasteiger partial charge in [-0.15, -0.1) is 0 Å². The van der Waals surface area contributed by atoms with Gasteiger partial charge in [0.15, 0.2) is 11.5 Å². The zero-order valence-electron chi connectivity index (χ0n) is 11.5. The van der Waals surface area contributed by atoms with E-state index in [2.05, 4.69) is 4.74 Å². The Bertz CT molecular complexity index is 420. The predicted molar refractivity (Wildman–Crippen MR) is 74.1 cm³/mol. The van der Waals surface area contributed by atoms with E-state index < -0.39 is 6.16 Å². The minimum Gasteiger partial charge on any atom is -0.504 e. The van der Waals surface area contributed by atoms with E-state index in [1.807, 2.05) is 0 Å². The fourth-order valence-corrected chi connectivity index (χ4v) is 2.06. The minimum atomic E-state index is -1.44. The van der Waals surface area contributed by atoms with Gasteiger partial charge < -0.3 is 14.9 Å². The summed E-state index contributed by atoms with van der Waals surface area (Å²) in [5, 5.41) is 18.4. The number of hydrogen-bond donors (Lipinski definition) is 2. The molecule has 0 radical (unpaired) electrons. The molecule has 2 N–H and O–H groups in total. The van der Waals surface area contributed by atoms with Gasteiger partial charge in [-0.3, -0.25) is 4.39 Å². The summed E-state index contributed by atoms with van der Waals surface area (Å²) in [5.74, 6) is -0.134. The highest BCUT2D eigenvalue weighted by Gasteiger charge is 2.10. The molecule has 0 aliphatic heterocycles. The van der Waals surface area contributed by atoms with Crippen LogP contribution in [0.4, 0.5) is 9.18 Å². The van der Waals surface area contributed by atoms with E-state index in [1.54, 1.807) is 12.1 Å². The molecule has 0 heterocycles. The molecule has 0 aromatic heterocycles. The zero-order valence-corrected chi connectivity index (χ0v) is 11.5. The number of carbonyl (C=O) groups is 1. The summed E-state index contributed by atoms with van der Waals surface area (Å²) in [6, 6.07) is 4.84. The van der Waals surface area contributed by atoms with Crippen molar-refractivity contribution in [3.8, 4) is 11.5 Å². The van der Waals surface area contributed by atoms with Crippen molar-refractivity contribution in [2.75, 3.05) is 6.67 Å². The summed E-state index contributed by atoms with van der Waals surface area (Å²) < 4.78 is 16.4. The smallest absolute Gasteiger partial charge is 0.504 e. The van der Waals surface area contributed by atoms with Crippen LogP contribution in [0.15, 0.2) is 18.2 Å². The highest BCUT2D eigenvalue weighted by atomic mass is 19.1. The molecule has 4 nitrogen and oxygen atoms in total. The first-order chi connectivity index (χ1) is 9.65. The summed E-state index contributed by atoms with van der Waals surface area (Å²) in [5.41, 5.74) is 0.688. The molecule has 5 heteroatoms. The first kappa shape index (κ1) is 16.3. The third-order valence-electron chi connectivity index (χ3n) is 3.11. The van der Waals surface area contributed by atoms with Crippen LogP contribution >= 0.6 is 0 Å². The van der Waals surface area contributed by atoms with E-state index in [4.69, 9.17) is 5.11 Å². The second-order valence-electron chi connectivity index (χ2n) is 4.69. The maximum absolute atomic E-state index is 11.9. The van der Waals surface area contributed by atoms with Crippen LogP contribution in [-0.4, -0.2) is 23.0 Å². The van der Waals surface area contributed by atoms with Crippen LogP contribution in [0.1, 0.15) is 44.1 Å². The van der Waals surface area contributed by atoms with Crippen molar-refractivity contribution in [1.29, 1.82) is 0 Å². The normalized spacial score (nSPS) is 10.4. The number of phenolic OH excluding ortho intramolecular Hbond substituents is 1. The van der Waals surface area contributed by atoms with Gasteiger partial charge >= 0.3 is 6.16 Å².